The molecule has 3 aromatic rings. The van der Waals surface area contributed by atoms with E-state index in [-0.39, 0.29) is 0 Å². The van der Waals surface area contributed by atoms with Crippen molar-refractivity contribution in [3.63, 3.8) is 0 Å². The molecular weight excluding hydrogens is 236 g/mol. The molecule has 2 aromatic carbocycles. The molecule has 3 nitrogen and oxygen atoms in total. The molecule has 0 bridgehead atoms. The molecule has 0 aliphatic heterocycles. The van der Waals surface area contributed by atoms with Gasteiger partial charge in [0.15, 0.2) is 0 Å². The van der Waals surface area contributed by atoms with E-state index in [1.54, 1.807) is 6.26 Å². The minimum absolute atomic E-state index is 0.620. The molecule has 2 N–H and O–H groups in total. The predicted octanol–water partition coefficient (Wildman–Crippen LogP) is 3.90. The number of hydrogen-bond acceptors (Lipinski definition) is 3. The lowest BCUT2D eigenvalue weighted by Gasteiger charge is -2.01. The number of nitrogens with two attached hydrogens (primary N) is 1. The minimum atomic E-state index is 0.620. The first kappa shape index (κ1) is 11.5. The van der Waals surface area contributed by atoms with Crippen molar-refractivity contribution in [3.8, 4) is 22.7 Å². The number of anilines is 1. The Morgan fingerprint density at radius 2 is 1.79 bits per heavy atom. The van der Waals surface area contributed by atoms with Crippen LogP contribution in [0.2, 0.25) is 0 Å². The molecule has 94 valence electrons. The molecule has 3 heteroatoms. The molecule has 19 heavy (non-hydrogen) atoms. The smallest absolute Gasteiger partial charge is 0.226 e. The van der Waals surface area contributed by atoms with Gasteiger partial charge in [0, 0.05) is 16.8 Å². The predicted molar refractivity (Wildman–Crippen MR) is 76.5 cm³/mol. The molecule has 0 fully saturated rings. The Labute approximate surface area is 111 Å². The quantitative estimate of drug-likeness (QED) is 0.702. The van der Waals surface area contributed by atoms with Gasteiger partial charge in [0.2, 0.25) is 5.89 Å². The second kappa shape index (κ2) is 4.61. The molecule has 0 saturated carbocycles. The van der Waals surface area contributed by atoms with Gasteiger partial charge < -0.3 is 10.2 Å². The fourth-order valence-corrected chi connectivity index (χ4v) is 1.92. The summed E-state index contributed by atoms with van der Waals surface area (Å²) < 4.78 is 5.52. The van der Waals surface area contributed by atoms with Crippen molar-refractivity contribution < 1.29 is 4.42 Å². The SMILES string of the molecule is Cc1ccc(-c2coc(-c3ccccc3)n2)cc1N. The highest BCUT2D eigenvalue weighted by Gasteiger charge is 2.08. The van der Waals surface area contributed by atoms with Crippen LogP contribution in [0.15, 0.2) is 59.2 Å². The number of aryl methyl sites for hydroxylation is 1. The van der Waals surface area contributed by atoms with Crippen LogP contribution < -0.4 is 5.73 Å². The standard InChI is InChI=1S/C16H14N2O/c1-11-7-8-13(9-14(11)17)15-10-19-16(18-15)12-5-3-2-4-6-12/h2-10H,17H2,1H3. The van der Waals surface area contributed by atoms with Gasteiger partial charge >= 0.3 is 0 Å². The van der Waals surface area contributed by atoms with Crippen LogP contribution in [0.3, 0.4) is 0 Å². The van der Waals surface area contributed by atoms with Crippen molar-refractivity contribution in [2.24, 2.45) is 0 Å². The molecule has 0 unspecified atom stereocenters. The highest BCUT2D eigenvalue weighted by molar-refractivity contribution is 5.67. The van der Waals surface area contributed by atoms with Crippen LogP contribution in [-0.4, -0.2) is 4.98 Å². The van der Waals surface area contributed by atoms with E-state index in [9.17, 15) is 0 Å². The van der Waals surface area contributed by atoms with E-state index in [0.717, 1.165) is 28.1 Å². The molecule has 0 amide bonds. The molecule has 1 aromatic heterocycles. The van der Waals surface area contributed by atoms with E-state index in [2.05, 4.69) is 4.98 Å². The van der Waals surface area contributed by atoms with E-state index in [4.69, 9.17) is 10.2 Å². The van der Waals surface area contributed by atoms with E-state index < -0.39 is 0 Å². The first-order valence-corrected chi connectivity index (χ1v) is 6.11. The molecule has 0 aliphatic rings. The van der Waals surface area contributed by atoms with Crippen molar-refractivity contribution in [3.05, 3.63) is 60.4 Å². The minimum Gasteiger partial charge on any atom is -0.444 e. The number of hydrogen-bond donors (Lipinski definition) is 1. The fourth-order valence-electron chi connectivity index (χ4n) is 1.92. The molecule has 0 radical (unpaired) electrons. The highest BCUT2D eigenvalue weighted by Crippen LogP contribution is 2.26. The van der Waals surface area contributed by atoms with Gasteiger partial charge in [-0.05, 0) is 30.7 Å². The zero-order chi connectivity index (χ0) is 13.2. The largest absolute Gasteiger partial charge is 0.444 e. The van der Waals surface area contributed by atoms with Gasteiger partial charge in [-0.25, -0.2) is 4.98 Å². The van der Waals surface area contributed by atoms with E-state index >= 15 is 0 Å². The molecule has 3 rings (SSSR count). The van der Waals surface area contributed by atoms with Gasteiger partial charge in [-0.1, -0.05) is 30.3 Å². The second-order valence-corrected chi connectivity index (χ2v) is 4.48. The molecule has 0 aliphatic carbocycles. The number of aromatic nitrogens is 1. The summed E-state index contributed by atoms with van der Waals surface area (Å²) in [7, 11) is 0. The number of rotatable bonds is 2. The number of nitrogen functional groups attached to an aromatic ring is 1. The van der Waals surface area contributed by atoms with Crippen molar-refractivity contribution in [1.82, 2.24) is 4.98 Å². The van der Waals surface area contributed by atoms with Gasteiger partial charge in [0.05, 0.1) is 0 Å². The van der Waals surface area contributed by atoms with Crippen LogP contribution in [0, 0.1) is 6.92 Å². The van der Waals surface area contributed by atoms with Crippen LogP contribution in [0.5, 0.6) is 0 Å². The van der Waals surface area contributed by atoms with Crippen molar-refractivity contribution in [1.29, 1.82) is 0 Å². The third kappa shape index (κ3) is 2.22. The third-order valence-corrected chi connectivity index (χ3v) is 3.10. The van der Waals surface area contributed by atoms with E-state index in [0.29, 0.717) is 5.89 Å². The lowest BCUT2D eigenvalue weighted by Crippen LogP contribution is -1.90. The Bertz CT molecular complexity index is 702. The number of nitrogens with zero attached hydrogens (tertiary/aromatic N) is 1. The summed E-state index contributed by atoms with van der Waals surface area (Å²) in [4.78, 5) is 4.50. The maximum Gasteiger partial charge on any atom is 0.226 e. The summed E-state index contributed by atoms with van der Waals surface area (Å²) >= 11 is 0. The summed E-state index contributed by atoms with van der Waals surface area (Å²) in [6.45, 7) is 1.98. The average molecular weight is 250 g/mol. The first-order chi connectivity index (χ1) is 9.24. The highest BCUT2D eigenvalue weighted by atomic mass is 16.3. The first-order valence-electron chi connectivity index (χ1n) is 6.11. The third-order valence-electron chi connectivity index (χ3n) is 3.10. The average Bonchev–Trinajstić information content (AvgIpc) is 2.93. The lowest BCUT2D eigenvalue weighted by atomic mass is 10.1. The van der Waals surface area contributed by atoms with Crippen LogP contribution in [0.25, 0.3) is 22.7 Å². The van der Waals surface area contributed by atoms with Gasteiger partial charge in [-0.2, -0.15) is 0 Å². The fraction of sp³-hybridized carbons (Fsp3) is 0.0625. The zero-order valence-electron chi connectivity index (χ0n) is 10.6. The number of oxazole rings is 1. The Balaban J connectivity index is 1.99. The van der Waals surface area contributed by atoms with Crippen molar-refractivity contribution in [2.75, 3.05) is 5.73 Å². The van der Waals surface area contributed by atoms with Crippen molar-refractivity contribution >= 4 is 5.69 Å². The van der Waals surface area contributed by atoms with Crippen LogP contribution in [0.1, 0.15) is 5.56 Å². The molecule has 1 heterocycles. The van der Waals surface area contributed by atoms with Gasteiger partial charge in [-0.3, -0.25) is 0 Å². The molecule has 0 saturated heterocycles. The molecule has 0 spiro atoms. The molecular formula is C16H14N2O. The summed E-state index contributed by atoms with van der Waals surface area (Å²) in [5.74, 6) is 0.620. The second-order valence-electron chi connectivity index (χ2n) is 4.48. The summed E-state index contributed by atoms with van der Waals surface area (Å²) in [5.41, 5.74) is 10.5. The summed E-state index contributed by atoms with van der Waals surface area (Å²) in [5, 5.41) is 0. The van der Waals surface area contributed by atoms with Crippen LogP contribution in [-0.2, 0) is 0 Å². The Hall–Kier alpha value is -2.55. The number of benzene rings is 2. The van der Waals surface area contributed by atoms with E-state index in [1.165, 1.54) is 0 Å². The summed E-state index contributed by atoms with van der Waals surface area (Å²) in [6.07, 6.45) is 1.66. The lowest BCUT2D eigenvalue weighted by molar-refractivity contribution is 0.575. The Morgan fingerprint density at radius 3 is 2.53 bits per heavy atom. The summed E-state index contributed by atoms with van der Waals surface area (Å²) in [6, 6.07) is 15.7. The monoisotopic (exact) mass is 250 g/mol. The van der Waals surface area contributed by atoms with Crippen molar-refractivity contribution in [2.45, 2.75) is 6.92 Å². The Kier molecular flexibility index (Phi) is 2.80. The topological polar surface area (TPSA) is 52.0 Å². The van der Waals surface area contributed by atoms with Gasteiger partial charge in [0.1, 0.15) is 12.0 Å². The zero-order valence-corrected chi connectivity index (χ0v) is 10.6. The van der Waals surface area contributed by atoms with Gasteiger partial charge in [0.25, 0.3) is 0 Å². The van der Waals surface area contributed by atoms with Crippen LogP contribution in [0.4, 0.5) is 5.69 Å². The maximum absolute atomic E-state index is 5.92. The normalized spacial score (nSPS) is 10.6. The maximum atomic E-state index is 5.92. The molecule has 0 atom stereocenters. The van der Waals surface area contributed by atoms with Gasteiger partial charge in [-0.15, -0.1) is 0 Å². The van der Waals surface area contributed by atoms with Crippen LogP contribution >= 0.6 is 0 Å². The van der Waals surface area contributed by atoms with E-state index in [1.807, 2.05) is 55.5 Å². The Morgan fingerprint density at radius 1 is 1.00 bits per heavy atom.